The van der Waals surface area contributed by atoms with Gasteiger partial charge in [0.2, 0.25) is 10.0 Å². The minimum atomic E-state index is -4.09. The number of aliphatic hydroxyl groups is 1. The monoisotopic (exact) mass is 307 g/mol. The molecule has 1 heterocycles. The predicted octanol–water partition coefficient (Wildman–Crippen LogP) is 0.772. The molecule has 2 N–H and O–H groups in total. The summed E-state index contributed by atoms with van der Waals surface area (Å²) in [5, 5.41) is 8.88. The fourth-order valence-corrected chi connectivity index (χ4v) is 3.20. The molecule has 1 aromatic rings. The first-order valence-electron chi connectivity index (χ1n) is 6.11. The zero-order valence-electron chi connectivity index (χ0n) is 10.6. The summed E-state index contributed by atoms with van der Waals surface area (Å²) in [6.45, 7) is 0.257. The number of halogens is 2. The van der Waals surface area contributed by atoms with Gasteiger partial charge in [-0.25, -0.2) is 21.9 Å². The van der Waals surface area contributed by atoms with Crippen molar-refractivity contribution in [2.75, 3.05) is 19.8 Å². The summed E-state index contributed by atoms with van der Waals surface area (Å²) in [4.78, 5) is -0.665. The van der Waals surface area contributed by atoms with Gasteiger partial charge in [0.15, 0.2) is 5.82 Å². The third-order valence-corrected chi connectivity index (χ3v) is 4.63. The minimum Gasteiger partial charge on any atom is -0.391 e. The van der Waals surface area contributed by atoms with Crippen LogP contribution in [-0.2, 0) is 21.4 Å². The number of benzene rings is 1. The van der Waals surface area contributed by atoms with E-state index in [0.29, 0.717) is 13.2 Å². The lowest BCUT2D eigenvalue weighted by Gasteiger charge is -2.12. The molecule has 1 aromatic carbocycles. The number of rotatable bonds is 5. The molecule has 20 heavy (non-hydrogen) atoms. The van der Waals surface area contributed by atoms with E-state index in [2.05, 4.69) is 4.72 Å². The Morgan fingerprint density at radius 1 is 1.40 bits per heavy atom. The zero-order chi connectivity index (χ0) is 14.8. The molecule has 1 aliphatic heterocycles. The molecule has 0 aromatic heterocycles. The normalized spacial score (nSPS) is 19.4. The molecule has 2 rings (SSSR count). The van der Waals surface area contributed by atoms with Gasteiger partial charge in [0.25, 0.3) is 0 Å². The average molecular weight is 307 g/mol. The first-order chi connectivity index (χ1) is 9.45. The summed E-state index contributed by atoms with van der Waals surface area (Å²) in [5.41, 5.74) is -0.655. The Balaban J connectivity index is 2.20. The number of hydrogen-bond donors (Lipinski definition) is 2. The lowest BCUT2D eigenvalue weighted by molar-refractivity contribution is 0.186. The number of hydrogen-bond acceptors (Lipinski definition) is 4. The molecule has 5 nitrogen and oxygen atoms in total. The lowest BCUT2D eigenvalue weighted by atomic mass is 10.1. The average Bonchev–Trinajstić information content (AvgIpc) is 2.90. The molecule has 0 spiro atoms. The van der Waals surface area contributed by atoms with Crippen molar-refractivity contribution < 1.29 is 27.0 Å². The highest BCUT2D eigenvalue weighted by atomic mass is 32.2. The van der Waals surface area contributed by atoms with E-state index in [1.54, 1.807) is 0 Å². The summed E-state index contributed by atoms with van der Waals surface area (Å²) in [6, 6.07) is 1.67. The van der Waals surface area contributed by atoms with Crippen LogP contribution in [0.1, 0.15) is 12.0 Å². The van der Waals surface area contributed by atoms with Crippen LogP contribution < -0.4 is 4.72 Å². The van der Waals surface area contributed by atoms with Crippen molar-refractivity contribution in [1.29, 1.82) is 0 Å². The molecule has 0 aliphatic carbocycles. The van der Waals surface area contributed by atoms with Gasteiger partial charge in [-0.1, -0.05) is 0 Å². The Bertz CT molecular complexity index is 585. The second-order valence-electron chi connectivity index (χ2n) is 4.58. The third kappa shape index (κ3) is 3.14. The molecule has 112 valence electrons. The van der Waals surface area contributed by atoms with E-state index < -0.39 is 38.7 Å². The van der Waals surface area contributed by atoms with E-state index in [4.69, 9.17) is 9.84 Å². The van der Waals surface area contributed by atoms with Gasteiger partial charge in [-0.3, -0.25) is 0 Å². The molecular formula is C12H15F2NO4S. The minimum absolute atomic E-state index is 0.0468. The first kappa shape index (κ1) is 15.3. The second-order valence-corrected chi connectivity index (χ2v) is 6.31. The summed E-state index contributed by atoms with van der Waals surface area (Å²) in [7, 11) is -4.09. The van der Waals surface area contributed by atoms with Crippen molar-refractivity contribution in [3.63, 3.8) is 0 Å². The number of sulfonamides is 1. The Morgan fingerprint density at radius 3 is 2.75 bits per heavy atom. The van der Waals surface area contributed by atoms with Crippen molar-refractivity contribution >= 4 is 10.0 Å². The SMILES string of the molecule is O=S(=O)(NCC1CCOC1)c1ccc(F)c(CO)c1F. The Kier molecular flexibility index (Phi) is 4.69. The van der Waals surface area contributed by atoms with Gasteiger partial charge in [0.1, 0.15) is 10.7 Å². The molecule has 1 aliphatic rings. The first-order valence-corrected chi connectivity index (χ1v) is 7.59. The van der Waals surface area contributed by atoms with Crippen LogP contribution in [0.25, 0.3) is 0 Å². The molecule has 0 saturated carbocycles. The largest absolute Gasteiger partial charge is 0.391 e. The highest BCUT2D eigenvalue weighted by Crippen LogP contribution is 2.21. The summed E-state index contributed by atoms with van der Waals surface area (Å²) >= 11 is 0. The van der Waals surface area contributed by atoms with Crippen LogP contribution in [0.3, 0.4) is 0 Å². The molecule has 0 bridgehead atoms. The third-order valence-electron chi connectivity index (χ3n) is 3.18. The van der Waals surface area contributed by atoms with Crippen LogP contribution in [0.5, 0.6) is 0 Å². The molecule has 1 unspecified atom stereocenters. The highest BCUT2D eigenvalue weighted by Gasteiger charge is 2.25. The van der Waals surface area contributed by atoms with Gasteiger partial charge >= 0.3 is 0 Å². The van der Waals surface area contributed by atoms with Crippen LogP contribution >= 0.6 is 0 Å². The van der Waals surface area contributed by atoms with Crippen LogP contribution in [0.15, 0.2) is 17.0 Å². The maximum atomic E-state index is 13.9. The smallest absolute Gasteiger partial charge is 0.243 e. The van der Waals surface area contributed by atoms with Crippen LogP contribution in [0, 0.1) is 17.6 Å². The summed E-state index contributed by atoms with van der Waals surface area (Å²) < 4.78 is 58.5. The molecule has 8 heteroatoms. The van der Waals surface area contributed by atoms with Gasteiger partial charge in [0, 0.05) is 13.2 Å². The number of aliphatic hydroxyl groups excluding tert-OH is 1. The van der Waals surface area contributed by atoms with E-state index >= 15 is 0 Å². The molecule has 1 atom stereocenters. The topological polar surface area (TPSA) is 75.6 Å². The molecule has 1 saturated heterocycles. The Hall–Kier alpha value is -1.09. The summed E-state index contributed by atoms with van der Waals surface area (Å²) in [5.74, 6) is -2.19. The lowest BCUT2D eigenvalue weighted by Crippen LogP contribution is -2.30. The maximum Gasteiger partial charge on any atom is 0.243 e. The van der Waals surface area contributed by atoms with E-state index in [1.165, 1.54) is 0 Å². The maximum absolute atomic E-state index is 13.9. The van der Waals surface area contributed by atoms with E-state index in [-0.39, 0.29) is 12.5 Å². The van der Waals surface area contributed by atoms with Gasteiger partial charge in [0.05, 0.1) is 18.8 Å². The van der Waals surface area contributed by atoms with Crippen LogP contribution in [0.2, 0.25) is 0 Å². The molecular weight excluding hydrogens is 292 g/mol. The van der Waals surface area contributed by atoms with Gasteiger partial charge < -0.3 is 9.84 Å². The van der Waals surface area contributed by atoms with Gasteiger partial charge in [-0.15, -0.1) is 0 Å². The van der Waals surface area contributed by atoms with Crippen LogP contribution in [0.4, 0.5) is 8.78 Å². The fraction of sp³-hybridized carbons (Fsp3) is 0.500. The van der Waals surface area contributed by atoms with Crippen molar-refractivity contribution in [3.05, 3.63) is 29.3 Å². The fourth-order valence-electron chi connectivity index (χ4n) is 1.98. The van der Waals surface area contributed by atoms with Crippen molar-refractivity contribution in [3.8, 4) is 0 Å². The van der Waals surface area contributed by atoms with E-state index in [1.807, 2.05) is 0 Å². The molecule has 0 radical (unpaired) electrons. The Morgan fingerprint density at radius 2 is 2.15 bits per heavy atom. The summed E-state index contributed by atoms with van der Waals surface area (Å²) in [6.07, 6.45) is 0.732. The quantitative estimate of drug-likeness (QED) is 0.842. The Labute approximate surface area is 115 Å². The predicted molar refractivity (Wildman–Crippen MR) is 66.4 cm³/mol. The van der Waals surface area contributed by atoms with E-state index in [9.17, 15) is 17.2 Å². The van der Waals surface area contributed by atoms with Crippen molar-refractivity contribution in [2.24, 2.45) is 5.92 Å². The molecule has 0 amide bonds. The van der Waals surface area contributed by atoms with Crippen molar-refractivity contribution in [1.82, 2.24) is 4.72 Å². The number of nitrogens with one attached hydrogen (secondary N) is 1. The highest BCUT2D eigenvalue weighted by molar-refractivity contribution is 7.89. The van der Waals surface area contributed by atoms with Crippen LogP contribution in [-0.4, -0.2) is 33.3 Å². The zero-order valence-corrected chi connectivity index (χ0v) is 11.4. The van der Waals surface area contributed by atoms with Gasteiger partial charge in [-0.2, -0.15) is 0 Å². The van der Waals surface area contributed by atoms with E-state index in [0.717, 1.165) is 18.6 Å². The van der Waals surface area contributed by atoms with Gasteiger partial charge in [-0.05, 0) is 24.5 Å². The number of ether oxygens (including phenoxy) is 1. The molecule has 1 fully saturated rings. The van der Waals surface area contributed by atoms with Crippen molar-refractivity contribution in [2.45, 2.75) is 17.9 Å². The second kappa shape index (κ2) is 6.13. The standard InChI is InChI=1S/C12H15F2NO4S/c13-10-1-2-11(12(14)9(10)6-16)20(17,18)15-5-8-3-4-19-7-8/h1-2,8,15-16H,3-7H2.